The van der Waals surface area contributed by atoms with Crippen molar-refractivity contribution >= 4 is 5.91 Å². The SMILES string of the molecule is CC[C@H](N)C(=O)N1C[C@@H](C)N(CCOC)[C@H](C)C1. The van der Waals surface area contributed by atoms with E-state index in [0.29, 0.717) is 18.5 Å². The number of nitrogens with two attached hydrogens (primary N) is 1. The van der Waals surface area contributed by atoms with Crippen LogP contribution in [0.15, 0.2) is 0 Å². The van der Waals surface area contributed by atoms with E-state index in [0.717, 1.165) is 26.2 Å². The fourth-order valence-corrected chi connectivity index (χ4v) is 2.58. The maximum atomic E-state index is 12.1. The predicted molar refractivity (Wildman–Crippen MR) is 72.4 cm³/mol. The Hall–Kier alpha value is -0.650. The minimum atomic E-state index is -0.352. The molecule has 0 unspecified atom stereocenters. The number of methoxy groups -OCH3 is 1. The van der Waals surface area contributed by atoms with Gasteiger partial charge < -0.3 is 15.4 Å². The summed E-state index contributed by atoms with van der Waals surface area (Å²) in [6, 6.07) is 0.365. The number of amides is 1. The molecule has 5 heteroatoms. The molecule has 18 heavy (non-hydrogen) atoms. The average Bonchev–Trinajstić information content (AvgIpc) is 2.35. The van der Waals surface area contributed by atoms with Gasteiger partial charge in [-0.25, -0.2) is 0 Å². The van der Waals surface area contributed by atoms with Gasteiger partial charge in [-0.3, -0.25) is 9.69 Å². The molecule has 0 aromatic heterocycles. The summed E-state index contributed by atoms with van der Waals surface area (Å²) in [5.74, 6) is 0.0857. The summed E-state index contributed by atoms with van der Waals surface area (Å²) >= 11 is 0. The molecule has 0 aliphatic carbocycles. The summed E-state index contributed by atoms with van der Waals surface area (Å²) in [5, 5.41) is 0. The van der Waals surface area contributed by atoms with Crippen molar-refractivity contribution in [1.82, 2.24) is 9.80 Å². The number of nitrogens with zero attached hydrogens (tertiary/aromatic N) is 2. The van der Waals surface area contributed by atoms with Crippen LogP contribution in [-0.2, 0) is 9.53 Å². The topological polar surface area (TPSA) is 58.8 Å². The molecule has 0 bridgehead atoms. The summed E-state index contributed by atoms with van der Waals surface area (Å²) in [7, 11) is 1.72. The summed E-state index contributed by atoms with van der Waals surface area (Å²) in [4.78, 5) is 16.4. The number of ether oxygens (including phenoxy) is 1. The largest absolute Gasteiger partial charge is 0.383 e. The molecular formula is C13H27N3O2. The van der Waals surface area contributed by atoms with Crippen molar-refractivity contribution in [3.8, 4) is 0 Å². The molecule has 2 N–H and O–H groups in total. The van der Waals surface area contributed by atoms with Crippen molar-refractivity contribution in [2.45, 2.75) is 45.3 Å². The van der Waals surface area contributed by atoms with Crippen LogP contribution in [0.1, 0.15) is 27.2 Å². The van der Waals surface area contributed by atoms with Crippen molar-refractivity contribution in [3.05, 3.63) is 0 Å². The predicted octanol–water partition coefficient (Wildman–Crippen LogP) is 0.291. The number of piperazine rings is 1. The van der Waals surface area contributed by atoms with Gasteiger partial charge in [0.25, 0.3) is 0 Å². The smallest absolute Gasteiger partial charge is 0.239 e. The quantitative estimate of drug-likeness (QED) is 0.769. The molecule has 0 spiro atoms. The Labute approximate surface area is 110 Å². The highest BCUT2D eigenvalue weighted by atomic mass is 16.5. The third kappa shape index (κ3) is 3.67. The van der Waals surface area contributed by atoms with E-state index in [2.05, 4.69) is 18.7 Å². The fraction of sp³-hybridized carbons (Fsp3) is 0.923. The molecular weight excluding hydrogens is 230 g/mol. The molecule has 0 saturated carbocycles. The molecule has 1 aliphatic rings. The Balaban J connectivity index is 2.58. The normalized spacial score (nSPS) is 27.3. The standard InChI is InChI=1S/C13H27N3O2/c1-5-12(14)13(17)15-8-10(2)16(6-7-18-4)11(3)9-15/h10-12H,5-9,14H2,1-4H3/t10-,11-,12+/m1/s1. The first kappa shape index (κ1) is 15.4. The van der Waals surface area contributed by atoms with Gasteiger partial charge in [-0.2, -0.15) is 0 Å². The second-order valence-electron chi connectivity index (χ2n) is 5.19. The zero-order valence-electron chi connectivity index (χ0n) is 12.1. The molecule has 1 amide bonds. The molecule has 0 aromatic rings. The maximum Gasteiger partial charge on any atom is 0.239 e. The highest BCUT2D eigenvalue weighted by Crippen LogP contribution is 2.16. The van der Waals surface area contributed by atoms with Crippen molar-refractivity contribution < 1.29 is 9.53 Å². The Bertz CT molecular complexity index is 261. The van der Waals surface area contributed by atoms with Crippen LogP contribution in [0.3, 0.4) is 0 Å². The first-order valence-electron chi connectivity index (χ1n) is 6.80. The monoisotopic (exact) mass is 257 g/mol. The van der Waals surface area contributed by atoms with Crippen LogP contribution in [0.2, 0.25) is 0 Å². The van der Waals surface area contributed by atoms with Gasteiger partial charge in [-0.1, -0.05) is 6.92 Å². The van der Waals surface area contributed by atoms with E-state index in [-0.39, 0.29) is 11.9 Å². The van der Waals surface area contributed by atoms with Crippen LogP contribution in [0, 0.1) is 0 Å². The van der Waals surface area contributed by atoms with Crippen molar-refractivity contribution in [1.29, 1.82) is 0 Å². The zero-order valence-corrected chi connectivity index (χ0v) is 12.1. The number of hydrogen-bond acceptors (Lipinski definition) is 4. The van der Waals surface area contributed by atoms with Crippen molar-refractivity contribution in [2.75, 3.05) is 33.4 Å². The summed E-state index contributed by atoms with van der Waals surface area (Å²) in [5.41, 5.74) is 5.83. The van der Waals surface area contributed by atoms with Crippen LogP contribution < -0.4 is 5.73 Å². The van der Waals surface area contributed by atoms with E-state index < -0.39 is 0 Å². The lowest BCUT2D eigenvalue weighted by molar-refractivity contribution is -0.137. The molecule has 1 heterocycles. The van der Waals surface area contributed by atoms with Gasteiger partial charge in [0, 0.05) is 38.8 Å². The minimum Gasteiger partial charge on any atom is -0.383 e. The second-order valence-corrected chi connectivity index (χ2v) is 5.19. The number of rotatable bonds is 5. The zero-order chi connectivity index (χ0) is 13.7. The molecule has 1 saturated heterocycles. The molecule has 106 valence electrons. The van der Waals surface area contributed by atoms with Crippen LogP contribution in [0.4, 0.5) is 0 Å². The van der Waals surface area contributed by atoms with Gasteiger partial charge in [-0.15, -0.1) is 0 Å². The lowest BCUT2D eigenvalue weighted by Gasteiger charge is -2.45. The molecule has 5 nitrogen and oxygen atoms in total. The first-order chi connectivity index (χ1) is 8.51. The molecule has 1 aliphatic heterocycles. The molecule has 0 radical (unpaired) electrons. The van der Waals surface area contributed by atoms with E-state index in [4.69, 9.17) is 10.5 Å². The third-order valence-corrected chi connectivity index (χ3v) is 3.72. The lowest BCUT2D eigenvalue weighted by atomic mass is 10.1. The molecule has 1 fully saturated rings. The lowest BCUT2D eigenvalue weighted by Crippen LogP contribution is -2.60. The van der Waals surface area contributed by atoms with Crippen LogP contribution in [-0.4, -0.2) is 67.2 Å². The molecule has 1 rings (SSSR count). The van der Waals surface area contributed by atoms with E-state index in [9.17, 15) is 4.79 Å². The van der Waals surface area contributed by atoms with E-state index in [1.54, 1.807) is 7.11 Å². The summed E-state index contributed by atoms with van der Waals surface area (Å²) in [6.07, 6.45) is 0.700. The van der Waals surface area contributed by atoms with E-state index in [1.165, 1.54) is 0 Å². The highest BCUT2D eigenvalue weighted by Gasteiger charge is 2.32. The summed E-state index contributed by atoms with van der Waals surface area (Å²) < 4.78 is 5.13. The summed E-state index contributed by atoms with van der Waals surface area (Å²) in [6.45, 7) is 9.44. The Morgan fingerprint density at radius 2 is 1.94 bits per heavy atom. The van der Waals surface area contributed by atoms with E-state index in [1.807, 2.05) is 11.8 Å². The maximum absolute atomic E-state index is 12.1. The van der Waals surface area contributed by atoms with Crippen LogP contribution in [0.25, 0.3) is 0 Å². The van der Waals surface area contributed by atoms with Gasteiger partial charge in [0.1, 0.15) is 0 Å². The van der Waals surface area contributed by atoms with E-state index >= 15 is 0 Å². The average molecular weight is 257 g/mol. The van der Waals surface area contributed by atoms with Crippen LogP contribution in [0.5, 0.6) is 0 Å². The molecule has 3 atom stereocenters. The third-order valence-electron chi connectivity index (χ3n) is 3.72. The Morgan fingerprint density at radius 3 is 2.39 bits per heavy atom. The van der Waals surface area contributed by atoms with Gasteiger partial charge >= 0.3 is 0 Å². The first-order valence-corrected chi connectivity index (χ1v) is 6.80. The van der Waals surface area contributed by atoms with Gasteiger partial charge in [-0.05, 0) is 20.3 Å². The molecule has 0 aromatic carbocycles. The minimum absolute atomic E-state index is 0.0857. The van der Waals surface area contributed by atoms with Crippen LogP contribution >= 0.6 is 0 Å². The Kier molecular flexibility index (Phi) is 6.05. The van der Waals surface area contributed by atoms with Crippen molar-refractivity contribution in [2.24, 2.45) is 5.73 Å². The number of hydrogen-bond donors (Lipinski definition) is 1. The second kappa shape index (κ2) is 7.07. The Morgan fingerprint density at radius 1 is 1.39 bits per heavy atom. The van der Waals surface area contributed by atoms with Gasteiger partial charge in [0.05, 0.1) is 12.6 Å². The number of carbonyl (C=O) groups is 1. The van der Waals surface area contributed by atoms with Gasteiger partial charge in [0.2, 0.25) is 5.91 Å². The highest BCUT2D eigenvalue weighted by molar-refractivity contribution is 5.81. The van der Waals surface area contributed by atoms with Gasteiger partial charge in [0.15, 0.2) is 0 Å². The number of carbonyl (C=O) groups excluding carboxylic acids is 1. The van der Waals surface area contributed by atoms with Crippen molar-refractivity contribution in [3.63, 3.8) is 0 Å². The fourth-order valence-electron chi connectivity index (χ4n) is 2.58.